The minimum Gasteiger partial charge on any atom is -0.497 e. The molecule has 0 saturated heterocycles. The van der Waals surface area contributed by atoms with Gasteiger partial charge in [0.25, 0.3) is 5.56 Å². The van der Waals surface area contributed by atoms with E-state index in [9.17, 15) is 9.59 Å². The second kappa shape index (κ2) is 12.9. The topological polar surface area (TPSA) is 88.3 Å². The molecule has 1 unspecified atom stereocenters. The average molecular weight is 619 g/mol. The number of aromatic nitrogens is 1. The van der Waals surface area contributed by atoms with Crippen LogP contribution < -0.4 is 33.8 Å². The van der Waals surface area contributed by atoms with Crippen LogP contribution in [-0.4, -0.2) is 31.2 Å². The molecule has 43 heavy (non-hydrogen) atoms. The molecule has 0 radical (unpaired) electrons. The van der Waals surface area contributed by atoms with Crippen LogP contribution in [0.15, 0.2) is 81.7 Å². The standard InChI is InChI=1S/C33H31ClN2O6S/c1-6-41-28-15-21(11-14-26(28)42-18-22-9-7-8-10-25(22)34)16-29-32(38)36-31(24-13-12-23(39-4)17-27(24)40-5)30(20(3)37)19(2)35-33(36)43-29/h7-17,31H,6,18H2,1-5H3/b29-16+. The summed E-state index contributed by atoms with van der Waals surface area (Å²) in [7, 11) is 3.11. The first-order chi connectivity index (χ1) is 20.7. The van der Waals surface area contributed by atoms with Crippen LogP contribution in [0.1, 0.15) is 43.5 Å². The molecular weight excluding hydrogens is 588 g/mol. The number of hydrogen-bond donors (Lipinski definition) is 0. The van der Waals surface area contributed by atoms with Gasteiger partial charge in [-0.25, -0.2) is 4.99 Å². The van der Waals surface area contributed by atoms with E-state index in [1.165, 1.54) is 18.3 Å². The lowest BCUT2D eigenvalue weighted by atomic mass is 9.92. The number of carbonyl (C=O) groups excluding carboxylic acids is 1. The van der Waals surface area contributed by atoms with Crippen LogP contribution in [0.25, 0.3) is 6.08 Å². The maximum absolute atomic E-state index is 14.0. The zero-order valence-electron chi connectivity index (χ0n) is 24.5. The number of thiazole rings is 1. The minimum absolute atomic E-state index is 0.174. The molecular formula is C33H31ClN2O6S. The lowest BCUT2D eigenvalue weighted by Crippen LogP contribution is -2.39. The van der Waals surface area contributed by atoms with Crippen LogP contribution in [0.4, 0.5) is 0 Å². The highest BCUT2D eigenvalue weighted by atomic mass is 35.5. The van der Waals surface area contributed by atoms with Crippen molar-refractivity contribution in [2.24, 2.45) is 4.99 Å². The Bertz CT molecular complexity index is 1910. The van der Waals surface area contributed by atoms with Gasteiger partial charge in [-0.05, 0) is 62.7 Å². The monoisotopic (exact) mass is 618 g/mol. The Morgan fingerprint density at radius 2 is 1.81 bits per heavy atom. The summed E-state index contributed by atoms with van der Waals surface area (Å²) < 4.78 is 25.0. The molecule has 1 atom stereocenters. The van der Waals surface area contributed by atoms with E-state index in [1.807, 2.05) is 55.5 Å². The van der Waals surface area contributed by atoms with E-state index in [-0.39, 0.29) is 17.9 Å². The predicted octanol–water partition coefficient (Wildman–Crippen LogP) is 5.47. The van der Waals surface area contributed by atoms with E-state index in [0.29, 0.717) is 60.8 Å². The molecule has 1 aromatic heterocycles. The van der Waals surface area contributed by atoms with Gasteiger partial charge in [-0.15, -0.1) is 0 Å². The molecule has 0 N–H and O–H groups in total. The average Bonchev–Trinajstić information content (AvgIpc) is 3.30. The molecule has 0 spiro atoms. The predicted molar refractivity (Wildman–Crippen MR) is 167 cm³/mol. The van der Waals surface area contributed by atoms with Crippen LogP contribution in [0, 0.1) is 0 Å². The van der Waals surface area contributed by atoms with Crippen molar-refractivity contribution >= 4 is 34.8 Å². The van der Waals surface area contributed by atoms with E-state index in [4.69, 9.17) is 30.5 Å². The third kappa shape index (κ3) is 6.09. The van der Waals surface area contributed by atoms with Gasteiger partial charge in [-0.3, -0.25) is 14.2 Å². The molecule has 3 aromatic carbocycles. The Morgan fingerprint density at radius 3 is 2.51 bits per heavy atom. The highest BCUT2D eigenvalue weighted by Gasteiger charge is 2.32. The van der Waals surface area contributed by atoms with Crippen molar-refractivity contribution in [1.29, 1.82) is 0 Å². The SMILES string of the molecule is CCOc1cc(/C=c2/sc3n(c2=O)C(c2ccc(OC)cc2OC)C(C(C)=O)=C(C)N=3)ccc1OCc1ccccc1Cl. The molecule has 4 aromatic rings. The summed E-state index contributed by atoms with van der Waals surface area (Å²) in [6.45, 7) is 5.88. The fraction of sp³-hybridized carbons (Fsp3) is 0.242. The molecule has 1 aliphatic rings. The molecule has 0 fully saturated rings. The third-order valence-electron chi connectivity index (χ3n) is 7.04. The first-order valence-electron chi connectivity index (χ1n) is 13.6. The molecule has 0 bridgehead atoms. The normalized spacial score (nSPS) is 14.7. The summed E-state index contributed by atoms with van der Waals surface area (Å²) >= 11 is 7.55. The number of carbonyl (C=O) groups is 1. The largest absolute Gasteiger partial charge is 0.497 e. The van der Waals surface area contributed by atoms with Crippen molar-refractivity contribution in [3.05, 3.63) is 113 Å². The van der Waals surface area contributed by atoms with Gasteiger partial charge in [-0.2, -0.15) is 0 Å². The number of ketones is 1. The van der Waals surface area contributed by atoms with Gasteiger partial charge in [0.1, 0.15) is 18.1 Å². The molecule has 0 aliphatic carbocycles. The summed E-state index contributed by atoms with van der Waals surface area (Å²) in [5, 5.41) is 0.626. The van der Waals surface area contributed by atoms with Crippen molar-refractivity contribution in [2.45, 2.75) is 33.4 Å². The second-order valence-electron chi connectivity index (χ2n) is 9.77. The van der Waals surface area contributed by atoms with Gasteiger partial charge < -0.3 is 18.9 Å². The van der Waals surface area contributed by atoms with Crippen molar-refractivity contribution < 1.29 is 23.7 Å². The van der Waals surface area contributed by atoms with E-state index < -0.39 is 6.04 Å². The Hall–Kier alpha value is -4.34. The van der Waals surface area contributed by atoms with E-state index in [2.05, 4.69) is 4.99 Å². The number of allylic oxidation sites excluding steroid dienone is 2. The van der Waals surface area contributed by atoms with Gasteiger partial charge in [0.15, 0.2) is 22.1 Å². The lowest BCUT2D eigenvalue weighted by Gasteiger charge is -2.26. The molecule has 1 aliphatic heterocycles. The fourth-order valence-corrected chi connectivity index (χ4v) is 6.27. The smallest absolute Gasteiger partial charge is 0.271 e. The number of Topliss-reactive ketones (excluding diaryl/α,β-unsaturated/α-hetero) is 1. The number of benzene rings is 3. The summed E-state index contributed by atoms with van der Waals surface area (Å²) in [6.07, 6.45) is 1.79. The Morgan fingerprint density at radius 1 is 1.02 bits per heavy atom. The van der Waals surface area contributed by atoms with Crippen molar-refractivity contribution in [2.75, 3.05) is 20.8 Å². The van der Waals surface area contributed by atoms with Crippen LogP contribution >= 0.6 is 22.9 Å². The molecule has 10 heteroatoms. The van der Waals surface area contributed by atoms with E-state index in [0.717, 1.165) is 11.1 Å². The van der Waals surface area contributed by atoms with E-state index in [1.54, 1.807) is 43.9 Å². The fourth-order valence-electron chi connectivity index (χ4n) is 5.03. The number of halogens is 1. The minimum atomic E-state index is -0.712. The summed E-state index contributed by atoms with van der Waals surface area (Å²) in [5.74, 6) is 2.04. The van der Waals surface area contributed by atoms with Crippen LogP contribution in [0.5, 0.6) is 23.0 Å². The molecule has 8 nitrogen and oxygen atoms in total. The maximum atomic E-state index is 14.0. The zero-order chi connectivity index (χ0) is 30.7. The highest BCUT2D eigenvalue weighted by Crippen LogP contribution is 2.37. The number of ether oxygens (including phenoxy) is 4. The van der Waals surface area contributed by atoms with Gasteiger partial charge >= 0.3 is 0 Å². The number of methoxy groups -OCH3 is 2. The molecule has 222 valence electrons. The van der Waals surface area contributed by atoms with Crippen LogP contribution in [0.2, 0.25) is 5.02 Å². The molecule has 5 rings (SSSR count). The Kier molecular flexibility index (Phi) is 9.03. The first kappa shape index (κ1) is 30.1. The van der Waals surface area contributed by atoms with Crippen LogP contribution in [-0.2, 0) is 11.4 Å². The molecule has 0 amide bonds. The van der Waals surface area contributed by atoms with Crippen molar-refractivity contribution in [3.63, 3.8) is 0 Å². The third-order valence-corrected chi connectivity index (χ3v) is 8.39. The zero-order valence-corrected chi connectivity index (χ0v) is 26.0. The van der Waals surface area contributed by atoms with Crippen LogP contribution in [0.3, 0.4) is 0 Å². The van der Waals surface area contributed by atoms with Crippen molar-refractivity contribution in [3.8, 4) is 23.0 Å². The van der Waals surface area contributed by atoms with E-state index >= 15 is 0 Å². The number of hydrogen-bond acceptors (Lipinski definition) is 8. The van der Waals surface area contributed by atoms with Gasteiger partial charge in [0.05, 0.1) is 31.4 Å². The summed E-state index contributed by atoms with van der Waals surface area (Å²) in [4.78, 5) is 32.0. The highest BCUT2D eigenvalue weighted by molar-refractivity contribution is 7.07. The number of rotatable bonds is 10. The second-order valence-corrected chi connectivity index (χ2v) is 11.2. The molecule has 2 heterocycles. The maximum Gasteiger partial charge on any atom is 0.271 e. The molecule has 0 saturated carbocycles. The lowest BCUT2D eigenvalue weighted by molar-refractivity contribution is -0.114. The Balaban J connectivity index is 1.58. The quantitative estimate of drug-likeness (QED) is 0.234. The number of fused-ring (bicyclic) bond motifs is 1. The first-order valence-corrected chi connectivity index (χ1v) is 14.8. The Labute approximate surface area is 258 Å². The number of nitrogens with zero attached hydrogens (tertiary/aromatic N) is 2. The van der Waals surface area contributed by atoms with Gasteiger partial charge in [-0.1, -0.05) is 47.2 Å². The summed E-state index contributed by atoms with van der Waals surface area (Å²) in [5.41, 5.74) is 2.99. The van der Waals surface area contributed by atoms with Crippen molar-refractivity contribution in [1.82, 2.24) is 4.57 Å². The summed E-state index contributed by atoms with van der Waals surface area (Å²) in [6, 6.07) is 17.6. The van der Waals surface area contributed by atoms with Gasteiger partial charge in [0.2, 0.25) is 0 Å². The van der Waals surface area contributed by atoms with Gasteiger partial charge in [0, 0.05) is 33.5 Å².